The van der Waals surface area contributed by atoms with Crippen molar-refractivity contribution in [3.05, 3.63) is 35.2 Å². The van der Waals surface area contributed by atoms with Gasteiger partial charge in [0.15, 0.2) is 0 Å². The minimum absolute atomic E-state index is 0.246. The molecule has 0 aliphatic heterocycles. The lowest BCUT2D eigenvalue weighted by molar-refractivity contribution is 0.478. The minimum Gasteiger partial charge on any atom is -0.507 e. The average molecular weight is 205 g/mol. The zero-order valence-corrected chi connectivity index (χ0v) is 8.64. The Hall–Kier alpha value is -1.48. The van der Waals surface area contributed by atoms with Gasteiger partial charge in [-0.2, -0.15) is 0 Å². The molecule has 0 saturated heterocycles. The highest BCUT2D eigenvalue weighted by atomic mass is 32.1. The van der Waals surface area contributed by atoms with Gasteiger partial charge in [0.2, 0.25) is 0 Å². The van der Waals surface area contributed by atoms with Gasteiger partial charge in [-0.3, -0.25) is 0 Å². The Morgan fingerprint density at radius 1 is 1.29 bits per heavy atom. The molecule has 2 rings (SSSR count). The molecule has 14 heavy (non-hydrogen) atoms. The zero-order valence-electron chi connectivity index (χ0n) is 7.82. The summed E-state index contributed by atoms with van der Waals surface area (Å²) in [6.07, 6.45) is 0. The van der Waals surface area contributed by atoms with Crippen LogP contribution in [-0.4, -0.2) is 5.11 Å². The highest BCUT2D eigenvalue weighted by molar-refractivity contribution is 7.13. The van der Waals surface area contributed by atoms with E-state index in [0.717, 1.165) is 10.4 Å². The van der Waals surface area contributed by atoms with Crippen LogP contribution in [0.3, 0.4) is 0 Å². The fourth-order valence-electron chi connectivity index (χ4n) is 1.39. The second-order valence-electron chi connectivity index (χ2n) is 3.21. The summed E-state index contributed by atoms with van der Waals surface area (Å²) >= 11 is 1.62. The van der Waals surface area contributed by atoms with Gasteiger partial charge in [0, 0.05) is 22.2 Å². The van der Waals surface area contributed by atoms with Gasteiger partial charge < -0.3 is 10.8 Å². The molecule has 0 spiro atoms. The Kier molecular flexibility index (Phi) is 2.17. The van der Waals surface area contributed by atoms with Crippen molar-refractivity contribution in [3.8, 4) is 16.2 Å². The number of benzene rings is 1. The topological polar surface area (TPSA) is 46.2 Å². The van der Waals surface area contributed by atoms with Crippen molar-refractivity contribution in [2.45, 2.75) is 6.92 Å². The molecule has 1 aromatic carbocycles. The van der Waals surface area contributed by atoms with Crippen LogP contribution in [0.25, 0.3) is 10.4 Å². The maximum Gasteiger partial charge on any atom is 0.126 e. The van der Waals surface area contributed by atoms with E-state index in [1.807, 2.05) is 24.4 Å². The second kappa shape index (κ2) is 3.35. The standard InChI is InChI=1S/C11H11NOS/c1-7-4-5-14-11(7)9-3-2-8(12)6-10(9)13/h2-6,13H,12H2,1H3. The van der Waals surface area contributed by atoms with Gasteiger partial charge in [-0.1, -0.05) is 0 Å². The highest BCUT2D eigenvalue weighted by Gasteiger charge is 2.07. The number of phenolic OH excluding ortho intramolecular Hbond substituents is 1. The first-order valence-corrected chi connectivity index (χ1v) is 5.19. The molecule has 0 bridgehead atoms. The van der Waals surface area contributed by atoms with Crippen LogP contribution in [0.5, 0.6) is 5.75 Å². The number of aromatic hydroxyl groups is 1. The third-order valence-corrected chi connectivity index (χ3v) is 3.18. The smallest absolute Gasteiger partial charge is 0.126 e. The van der Waals surface area contributed by atoms with E-state index >= 15 is 0 Å². The Morgan fingerprint density at radius 3 is 2.64 bits per heavy atom. The van der Waals surface area contributed by atoms with E-state index in [-0.39, 0.29) is 5.75 Å². The van der Waals surface area contributed by atoms with Gasteiger partial charge in [0.1, 0.15) is 5.75 Å². The number of thiophene rings is 1. The zero-order chi connectivity index (χ0) is 10.1. The SMILES string of the molecule is Cc1ccsc1-c1ccc(N)cc1O. The average Bonchev–Trinajstić information content (AvgIpc) is 2.52. The first-order valence-electron chi connectivity index (χ1n) is 4.31. The van der Waals surface area contributed by atoms with E-state index in [0.29, 0.717) is 5.69 Å². The molecule has 0 fully saturated rings. The van der Waals surface area contributed by atoms with Crippen molar-refractivity contribution >= 4 is 17.0 Å². The van der Waals surface area contributed by atoms with Gasteiger partial charge in [0.25, 0.3) is 0 Å². The fraction of sp³-hybridized carbons (Fsp3) is 0.0909. The third-order valence-electron chi connectivity index (χ3n) is 2.13. The van der Waals surface area contributed by atoms with Gasteiger partial charge in [-0.15, -0.1) is 11.3 Å². The summed E-state index contributed by atoms with van der Waals surface area (Å²) in [6, 6.07) is 7.27. The van der Waals surface area contributed by atoms with Gasteiger partial charge in [-0.25, -0.2) is 0 Å². The number of hydrogen-bond acceptors (Lipinski definition) is 3. The number of hydrogen-bond donors (Lipinski definition) is 2. The number of anilines is 1. The first kappa shape index (κ1) is 9.09. The van der Waals surface area contributed by atoms with E-state index in [4.69, 9.17) is 5.73 Å². The van der Waals surface area contributed by atoms with Crippen LogP contribution >= 0.6 is 11.3 Å². The lowest BCUT2D eigenvalue weighted by atomic mass is 10.1. The van der Waals surface area contributed by atoms with Crippen LogP contribution in [0.2, 0.25) is 0 Å². The third kappa shape index (κ3) is 1.46. The first-order chi connectivity index (χ1) is 6.68. The Morgan fingerprint density at radius 2 is 2.07 bits per heavy atom. The summed E-state index contributed by atoms with van der Waals surface area (Å²) in [5, 5.41) is 11.7. The van der Waals surface area contributed by atoms with E-state index in [1.165, 1.54) is 5.56 Å². The lowest BCUT2D eigenvalue weighted by Crippen LogP contribution is -1.84. The molecule has 1 aromatic heterocycles. The van der Waals surface area contributed by atoms with Crippen LogP contribution < -0.4 is 5.73 Å². The summed E-state index contributed by atoms with van der Waals surface area (Å²) in [6.45, 7) is 2.03. The van der Waals surface area contributed by atoms with Crippen LogP contribution in [0.15, 0.2) is 29.6 Å². The second-order valence-corrected chi connectivity index (χ2v) is 4.13. The molecule has 0 radical (unpaired) electrons. The van der Waals surface area contributed by atoms with E-state index in [9.17, 15) is 5.11 Å². The minimum atomic E-state index is 0.246. The van der Waals surface area contributed by atoms with Crippen molar-refractivity contribution in [2.75, 3.05) is 5.73 Å². The van der Waals surface area contributed by atoms with Crippen molar-refractivity contribution in [3.63, 3.8) is 0 Å². The molecule has 0 amide bonds. The van der Waals surface area contributed by atoms with Crippen molar-refractivity contribution in [1.82, 2.24) is 0 Å². The Balaban J connectivity index is 2.58. The largest absolute Gasteiger partial charge is 0.507 e. The molecule has 0 saturated carbocycles. The van der Waals surface area contributed by atoms with Crippen LogP contribution in [0, 0.1) is 6.92 Å². The molecule has 0 atom stereocenters. The molecule has 0 unspecified atom stereocenters. The summed E-state index contributed by atoms with van der Waals surface area (Å²) in [4.78, 5) is 1.10. The predicted molar refractivity (Wildman–Crippen MR) is 60.6 cm³/mol. The maximum atomic E-state index is 9.71. The quantitative estimate of drug-likeness (QED) is 0.703. The normalized spacial score (nSPS) is 10.4. The van der Waals surface area contributed by atoms with Crippen LogP contribution in [0.1, 0.15) is 5.56 Å². The summed E-state index contributed by atoms with van der Waals surface area (Å²) in [5.74, 6) is 0.246. The molecule has 0 aliphatic carbocycles. The predicted octanol–water partition coefficient (Wildman–Crippen LogP) is 3.01. The number of phenols is 1. The molecule has 72 valence electrons. The van der Waals surface area contributed by atoms with E-state index in [1.54, 1.807) is 23.5 Å². The molecule has 3 N–H and O–H groups in total. The number of nitrogens with two attached hydrogens (primary N) is 1. The van der Waals surface area contributed by atoms with Crippen LogP contribution in [-0.2, 0) is 0 Å². The number of nitrogen functional groups attached to an aromatic ring is 1. The number of aryl methyl sites for hydroxylation is 1. The van der Waals surface area contributed by atoms with Crippen molar-refractivity contribution in [1.29, 1.82) is 0 Å². The summed E-state index contributed by atoms with van der Waals surface area (Å²) in [7, 11) is 0. The molecular formula is C11H11NOS. The number of rotatable bonds is 1. The Bertz CT molecular complexity index is 462. The van der Waals surface area contributed by atoms with Gasteiger partial charge >= 0.3 is 0 Å². The molecule has 0 aliphatic rings. The van der Waals surface area contributed by atoms with E-state index in [2.05, 4.69) is 0 Å². The molecular weight excluding hydrogens is 194 g/mol. The summed E-state index contributed by atoms with van der Waals surface area (Å²) in [5.41, 5.74) is 8.18. The highest BCUT2D eigenvalue weighted by Crippen LogP contribution is 2.36. The molecule has 1 heterocycles. The Labute approximate surface area is 86.6 Å². The van der Waals surface area contributed by atoms with E-state index < -0.39 is 0 Å². The van der Waals surface area contributed by atoms with Gasteiger partial charge in [-0.05, 0) is 36.1 Å². The maximum absolute atomic E-state index is 9.71. The summed E-state index contributed by atoms with van der Waals surface area (Å²) < 4.78 is 0. The monoisotopic (exact) mass is 205 g/mol. The fourth-order valence-corrected chi connectivity index (χ4v) is 2.35. The molecule has 2 nitrogen and oxygen atoms in total. The molecule has 3 heteroatoms. The van der Waals surface area contributed by atoms with Gasteiger partial charge in [0.05, 0.1) is 0 Å². The van der Waals surface area contributed by atoms with Crippen molar-refractivity contribution in [2.24, 2.45) is 0 Å². The van der Waals surface area contributed by atoms with Crippen molar-refractivity contribution < 1.29 is 5.11 Å². The molecule has 2 aromatic rings. The van der Waals surface area contributed by atoms with Crippen LogP contribution in [0.4, 0.5) is 5.69 Å². The lowest BCUT2D eigenvalue weighted by Gasteiger charge is -2.04.